The van der Waals surface area contributed by atoms with E-state index in [4.69, 9.17) is 4.55 Å². The molecule has 0 spiro atoms. The molecule has 14 heavy (non-hydrogen) atoms. The molecule has 84 valence electrons. The number of nitrogens with zero attached hydrogens (tertiary/aromatic N) is 1. The fourth-order valence-corrected chi connectivity index (χ4v) is 1.60. The first-order valence-electron chi connectivity index (χ1n) is 4.01. The van der Waals surface area contributed by atoms with Crippen molar-refractivity contribution in [2.75, 3.05) is 26.9 Å². The van der Waals surface area contributed by atoms with E-state index in [0.717, 1.165) is 0 Å². The number of carboxylic acids is 1. The van der Waals surface area contributed by atoms with E-state index < -0.39 is 27.9 Å². The van der Waals surface area contributed by atoms with Crippen molar-refractivity contribution in [3.05, 3.63) is 0 Å². The van der Waals surface area contributed by atoms with Crippen LogP contribution < -0.4 is 5.11 Å². The van der Waals surface area contributed by atoms with Gasteiger partial charge in [-0.05, 0) is 0 Å². The molecule has 0 aromatic carbocycles. The second kappa shape index (κ2) is 4.24. The quantitative estimate of drug-likeness (QED) is 0.435. The lowest BCUT2D eigenvalue weighted by atomic mass is 10.2. The van der Waals surface area contributed by atoms with Crippen LogP contribution in [-0.2, 0) is 14.9 Å². The van der Waals surface area contributed by atoms with Gasteiger partial charge in [-0.15, -0.1) is 0 Å². The lowest BCUT2D eigenvalue weighted by Gasteiger charge is -2.34. The fraction of sp³-hybridized carbons (Fsp3) is 0.857. The predicted molar refractivity (Wildman–Crippen MR) is 47.9 cm³/mol. The van der Waals surface area contributed by atoms with Gasteiger partial charge in [0, 0.05) is 6.42 Å². The first-order chi connectivity index (χ1) is 6.04. The third kappa shape index (κ3) is 5.15. The molecule has 0 aliphatic rings. The van der Waals surface area contributed by atoms with Crippen LogP contribution in [0.15, 0.2) is 0 Å². The number of hydrogen-bond acceptors (Lipinski definition) is 4. The highest BCUT2D eigenvalue weighted by molar-refractivity contribution is 7.85. The van der Waals surface area contributed by atoms with Gasteiger partial charge in [-0.25, -0.2) is 0 Å². The van der Waals surface area contributed by atoms with Crippen molar-refractivity contribution in [2.24, 2.45) is 0 Å². The summed E-state index contributed by atoms with van der Waals surface area (Å²) in [6.45, 7) is 0. The Kier molecular flexibility index (Phi) is 4.04. The Labute approximate surface area is 83.5 Å². The zero-order valence-corrected chi connectivity index (χ0v) is 9.24. The summed E-state index contributed by atoms with van der Waals surface area (Å²) < 4.78 is 29.4. The van der Waals surface area contributed by atoms with Gasteiger partial charge in [0.15, 0.2) is 0 Å². The average Bonchev–Trinajstić information content (AvgIpc) is 1.79. The van der Waals surface area contributed by atoms with Gasteiger partial charge >= 0.3 is 0 Å². The van der Waals surface area contributed by atoms with Crippen LogP contribution in [0.3, 0.4) is 0 Å². The molecule has 1 atom stereocenters. The van der Waals surface area contributed by atoms with E-state index in [1.165, 1.54) is 0 Å². The molecule has 0 fully saturated rings. The first kappa shape index (κ1) is 13.3. The van der Waals surface area contributed by atoms with E-state index in [0.29, 0.717) is 0 Å². The van der Waals surface area contributed by atoms with Gasteiger partial charge in [0.25, 0.3) is 10.1 Å². The van der Waals surface area contributed by atoms with Crippen LogP contribution >= 0.6 is 0 Å². The Morgan fingerprint density at radius 1 is 1.43 bits per heavy atom. The maximum atomic E-state index is 10.7. The molecule has 1 unspecified atom stereocenters. The largest absolute Gasteiger partial charge is 0.544 e. The van der Waals surface area contributed by atoms with E-state index in [9.17, 15) is 18.3 Å². The minimum absolute atomic E-state index is 0.0534. The number of likely N-dealkylation sites (N-methyl/N-ethyl adjacent to an activating group) is 1. The van der Waals surface area contributed by atoms with E-state index in [-0.39, 0.29) is 10.9 Å². The average molecular weight is 225 g/mol. The molecule has 0 rings (SSSR count). The molecule has 0 heterocycles. The molecule has 0 aliphatic carbocycles. The van der Waals surface area contributed by atoms with Gasteiger partial charge in [-0.1, -0.05) is 0 Å². The van der Waals surface area contributed by atoms with Crippen LogP contribution in [0.2, 0.25) is 0 Å². The van der Waals surface area contributed by atoms with Crippen molar-refractivity contribution >= 4 is 16.1 Å². The van der Waals surface area contributed by atoms with Gasteiger partial charge in [-0.2, -0.15) is 8.42 Å². The second-order valence-electron chi connectivity index (χ2n) is 4.03. The molecule has 6 nitrogen and oxygen atoms in total. The lowest BCUT2D eigenvalue weighted by Crippen LogP contribution is -2.55. The summed E-state index contributed by atoms with van der Waals surface area (Å²) in [5.74, 6) is -1.89. The van der Waals surface area contributed by atoms with Crippen LogP contribution in [0.5, 0.6) is 0 Å². The minimum Gasteiger partial charge on any atom is -0.544 e. The Bertz CT molecular complexity index is 303. The van der Waals surface area contributed by atoms with E-state index in [1.54, 1.807) is 21.1 Å². The molecule has 7 heteroatoms. The molecular formula is C7H15NO5S. The molecule has 0 radical (unpaired) electrons. The standard InChI is InChI=1S/C7H15NO5S/c1-8(2,3)6(7(9)10)4-5-14(11,12)13/h6H,4-5H2,1-3H3,(H-,9,10,11,12,13). The molecular weight excluding hydrogens is 210 g/mol. The summed E-state index contributed by atoms with van der Waals surface area (Å²) >= 11 is 0. The Hall–Kier alpha value is -0.660. The summed E-state index contributed by atoms with van der Waals surface area (Å²) in [6, 6.07) is -0.947. The maximum absolute atomic E-state index is 10.7. The molecule has 0 saturated carbocycles. The van der Waals surface area contributed by atoms with Crippen molar-refractivity contribution < 1.29 is 27.4 Å². The third-order valence-corrected chi connectivity index (χ3v) is 2.61. The maximum Gasteiger partial charge on any atom is 0.265 e. The highest BCUT2D eigenvalue weighted by atomic mass is 32.2. The zero-order chi connectivity index (χ0) is 11.6. The van der Waals surface area contributed by atoms with Crippen molar-refractivity contribution in [2.45, 2.75) is 12.5 Å². The monoisotopic (exact) mass is 225 g/mol. The highest BCUT2D eigenvalue weighted by Gasteiger charge is 2.26. The van der Waals surface area contributed by atoms with Crippen LogP contribution in [0.1, 0.15) is 6.42 Å². The molecule has 0 aromatic heterocycles. The van der Waals surface area contributed by atoms with Crippen LogP contribution in [0.4, 0.5) is 0 Å². The number of hydrogen-bond donors (Lipinski definition) is 1. The van der Waals surface area contributed by atoms with Crippen LogP contribution in [0.25, 0.3) is 0 Å². The fourth-order valence-electron chi connectivity index (χ4n) is 1.08. The second-order valence-corrected chi connectivity index (χ2v) is 5.60. The van der Waals surface area contributed by atoms with E-state index >= 15 is 0 Å². The van der Waals surface area contributed by atoms with Crippen LogP contribution in [-0.4, -0.2) is 56.4 Å². The van der Waals surface area contributed by atoms with Crippen molar-refractivity contribution in [1.82, 2.24) is 0 Å². The summed E-state index contributed by atoms with van der Waals surface area (Å²) in [4.78, 5) is 10.7. The third-order valence-electron chi connectivity index (χ3n) is 1.86. The number of quaternary nitrogens is 1. The number of aliphatic carboxylic acids is 1. The number of carboxylic acid groups (broad SMARTS) is 1. The molecule has 0 saturated heterocycles. The van der Waals surface area contributed by atoms with Gasteiger partial charge < -0.3 is 14.4 Å². The Balaban J connectivity index is 4.50. The Morgan fingerprint density at radius 2 is 1.86 bits per heavy atom. The topological polar surface area (TPSA) is 94.5 Å². The Morgan fingerprint density at radius 3 is 2.07 bits per heavy atom. The lowest BCUT2D eigenvalue weighted by molar-refractivity contribution is -0.889. The molecule has 0 bridgehead atoms. The van der Waals surface area contributed by atoms with Crippen LogP contribution in [0, 0.1) is 0 Å². The van der Waals surface area contributed by atoms with Gasteiger partial charge in [0.2, 0.25) is 0 Å². The van der Waals surface area contributed by atoms with E-state index in [2.05, 4.69) is 0 Å². The predicted octanol–water partition coefficient (Wildman–Crippen LogP) is -1.91. The number of rotatable bonds is 5. The zero-order valence-electron chi connectivity index (χ0n) is 8.43. The number of carbonyl (C=O) groups excluding carboxylic acids is 1. The van der Waals surface area contributed by atoms with Gasteiger partial charge in [0.1, 0.15) is 6.04 Å². The summed E-state index contributed by atoms with van der Waals surface area (Å²) in [5.41, 5.74) is 0. The molecule has 0 aromatic rings. The number of carbonyl (C=O) groups is 1. The van der Waals surface area contributed by atoms with E-state index in [1.807, 2.05) is 0 Å². The normalized spacial score (nSPS) is 15.1. The smallest absolute Gasteiger partial charge is 0.265 e. The van der Waals surface area contributed by atoms with Crippen molar-refractivity contribution in [3.63, 3.8) is 0 Å². The summed E-state index contributed by atoms with van der Waals surface area (Å²) in [5, 5.41) is 10.7. The van der Waals surface area contributed by atoms with Gasteiger partial charge in [0.05, 0.1) is 32.9 Å². The molecule has 1 N–H and O–H groups in total. The van der Waals surface area contributed by atoms with Crippen molar-refractivity contribution in [3.8, 4) is 0 Å². The minimum atomic E-state index is -4.11. The van der Waals surface area contributed by atoms with Crippen molar-refractivity contribution in [1.29, 1.82) is 0 Å². The molecule has 0 amide bonds. The molecule has 0 aliphatic heterocycles. The summed E-state index contributed by atoms with van der Waals surface area (Å²) in [7, 11) is 0.733. The SMILES string of the molecule is C[N+](C)(C)C(CCS(=O)(=O)O)C(=O)[O-]. The summed E-state index contributed by atoms with van der Waals surface area (Å²) in [6.07, 6.45) is -0.162. The highest BCUT2D eigenvalue weighted by Crippen LogP contribution is 2.08. The van der Waals surface area contributed by atoms with Gasteiger partial charge in [-0.3, -0.25) is 4.55 Å². The first-order valence-corrected chi connectivity index (χ1v) is 5.62.